The first kappa shape index (κ1) is 22.9. The number of rotatable bonds is 6. The van der Waals surface area contributed by atoms with Crippen molar-refractivity contribution < 1.29 is 40.7 Å². The standard InChI is InChI=1S/C18H20F3NO6S/c1-11(2)29(26,27)15-8-4-3-6-12(15)16(24)28-10-14(23)13-7-5-9-22(13)17(25)18(19,20)21/h3-4,6,8,11,13H,5,7,9-10H2,1-2H3. The second kappa shape index (κ2) is 8.52. The fourth-order valence-electron chi connectivity index (χ4n) is 2.96. The van der Waals surface area contributed by atoms with Crippen LogP contribution >= 0.6 is 0 Å². The molecule has 29 heavy (non-hydrogen) atoms. The molecule has 7 nitrogen and oxygen atoms in total. The first-order valence-electron chi connectivity index (χ1n) is 8.78. The highest BCUT2D eigenvalue weighted by molar-refractivity contribution is 7.92. The van der Waals surface area contributed by atoms with Gasteiger partial charge in [0.15, 0.2) is 22.2 Å². The van der Waals surface area contributed by atoms with Gasteiger partial charge in [0.2, 0.25) is 0 Å². The van der Waals surface area contributed by atoms with Gasteiger partial charge in [-0.2, -0.15) is 13.2 Å². The van der Waals surface area contributed by atoms with Gasteiger partial charge in [-0.15, -0.1) is 0 Å². The van der Waals surface area contributed by atoms with Crippen LogP contribution in [0.2, 0.25) is 0 Å². The van der Waals surface area contributed by atoms with E-state index in [1.165, 1.54) is 38.1 Å². The molecule has 0 aliphatic carbocycles. The minimum atomic E-state index is -5.11. The average molecular weight is 435 g/mol. The molecule has 1 aliphatic rings. The molecule has 2 rings (SSSR count). The lowest BCUT2D eigenvalue weighted by Gasteiger charge is -2.24. The number of nitrogens with zero attached hydrogens (tertiary/aromatic N) is 1. The summed E-state index contributed by atoms with van der Waals surface area (Å²) in [7, 11) is -3.81. The van der Waals surface area contributed by atoms with Crippen LogP contribution in [-0.4, -0.2) is 61.6 Å². The maximum atomic E-state index is 12.6. The van der Waals surface area contributed by atoms with Crippen molar-refractivity contribution in [3.63, 3.8) is 0 Å². The highest BCUT2D eigenvalue weighted by Crippen LogP contribution is 2.26. The third kappa shape index (κ3) is 4.95. The predicted octanol–water partition coefficient (Wildman–Crippen LogP) is 2.15. The van der Waals surface area contributed by atoms with Crippen molar-refractivity contribution in [1.82, 2.24) is 4.90 Å². The van der Waals surface area contributed by atoms with Crippen LogP contribution in [0.1, 0.15) is 37.0 Å². The number of likely N-dealkylation sites (tertiary alicyclic amines) is 1. The van der Waals surface area contributed by atoms with Gasteiger partial charge in [0.1, 0.15) is 0 Å². The first-order chi connectivity index (χ1) is 13.4. The van der Waals surface area contributed by atoms with Gasteiger partial charge in [0.25, 0.3) is 0 Å². The molecule has 0 aromatic heterocycles. The molecule has 0 spiro atoms. The van der Waals surface area contributed by atoms with Gasteiger partial charge in [0, 0.05) is 6.54 Å². The number of carbonyl (C=O) groups excluding carboxylic acids is 3. The molecule has 0 saturated carbocycles. The summed E-state index contributed by atoms with van der Waals surface area (Å²) in [6.45, 7) is 1.78. The minimum absolute atomic E-state index is 0.0243. The molecule has 1 aromatic carbocycles. The van der Waals surface area contributed by atoms with Crippen LogP contribution in [0.4, 0.5) is 13.2 Å². The van der Waals surface area contributed by atoms with Crippen LogP contribution in [0, 0.1) is 0 Å². The summed E-state index contributed by atoms with van der Waals surface area (Å²) in [6.07, 6.45) is -4.87. The second-order valence-corrected chi connectivity index (χ2v) is 9.26. The summed E-state index contributed by atoms with van der Waals surface area (Å²) in [6, 6.07) is 3.95. The molecule has 160 valence electrons. The van der Waals surface area contributed by atoms with Gasteiger partial charge in [-0.05, 0) is 38.8 Å². The zero-order valence-electron chi connectivity index (χ0n) is 15.7. The van der Waals surface area contributed by atoms with Crippen LogP contribution in [0.3, 0.4) is 0 Å². The van der Waals surface area contributed by atoms with E-state index in [1.54, 1.807) is 0 Å². The molecule has 1 heterocycles. The number of ether oxygens (including phenoxy) is 1. The Balaban J connectivity index is 2.12. The van der Waals surface area contributed by atoms with Gasteiger partial charge >= 0.3 is 18.1 Å². The van der Waals surface area contributed by atoms with Crippen LogP contribution in [-0.2, 0) is 24.2 Å². The first-order valence-corrected chi connectivity index (χ1v) is 10.3. The van der Waals surface area contributed by atoms with E-state index in [9.17, 15) is 36.0 Å². The van der Waals surface area contributed by atoms with Crippen LogP contribution in [0.15, 0.2) is 29.2 Å². The van der Waals surface area contributed by atoms with Crippen molar-refractivity contribution >= 4 is 27.5 Å². The molecule has 1 saturated heterocycles. The molecule has 11 heteroatoms. The van der Waals surface area contributed by atoms with Crippen molar-refractivity contribution in [1.29, 1.82) is 0 Å². The van der Waals surface area contributed by atoms with Crippen molar-refractivity contribution in [2.75, 3.05) is 13.2 Å². The maximum absolute atomic E-state index is 12.6. The third-order valence-electron chi connectivity index (χ3n) is 4.51. The van der Waals surface area contributed by atoms with Crippen LogP contribution in [0.5, 0.6) is 0 Å². The smallest absolute Gasteiger partial charge is 0.454 e. The van der Waals surface area contributed by atoms with Crippen molar-refractivity contribution in [2.24, 2.45) is 0 Å². The Morgan fingerprint density at radius 3 is 2.41 bits per heavy atom. The summed E-state index contributed by atoms with van der Waals surface area (Å²) >= 11 is 0. The van der Waals surface area contributed by atoms with E-state index in [0.717, 1.165) is 0 Å². The van der Waals surface area contributed by atoms with E-state index >= 15 is 0 Å². The van der Waals surface area contributed by atoms with Gasteiger partial charge in [-0.1, -0.05) is 12.1 Å². The van der Waals surface area contributed by atoms with Gasteiger partial charge < -0.3 is 9.64 Å². The van der Waals surface area contributed by atoms with E-state index < -0.39 is 51.6 Å². The van der Waals surface area contributed by atoms with Crippen molar-refractivity contribution in [3.8, 4) is 0 Å². The van der Waals surface area contributed by atoms with E-state index in [4.69, 9.17) is 4.74 Å². The van der Waals surface area contributed by atoms with Gasteiger partial charge in [0.05, 0.1) is 21.8 Å². The van der Waals surface area contributed by atoms with Gasteiger partial charge in [-0.3, -0.25) is 9.59 Å². The zero-order chi connectivity index (χ0) is 22.0. The third-order valence-corrected chi connectivity index (χ3v) is 6.72. The number of Topliss-reactive ketones (excluding diaryl/α,β-unsaturated/α-hetero) is 1. The second-order valence-electron chi connectivity index (χ2n) is 6.79. The van der Waals surface area contributed by atoms with E-state index in [0.29, 0.717) is 4.90 Å². The van der Waals surface area contributed by atoms with Crippen molar-refractivity contribution in [3.05, 3.63) is 29.8 Å². The topological polar surface area (TPSA) is 97.8 Å². The molecule has 0 radical (unpaired) electrons. The minimum Gasteiger partial charge on any atom is -0.454 e. The molecular formula is C18H20F3NO6S. The number of sulfone groups is 1. The lowest BCUT2D eigenvalue weighted by Crippen LogP contribution is -2.47. The Morgan fingerprint density at radius 1 is 1.21 bits per heavy atom. The number of ketones is 1. The summed E-state index contributed by atoms with van der Waals surface area (Å²) in [5.41, 5.74) is -0.274. The Labute approximate surface area is 165 Å². The fraction of sp³-hybridized carbons (Fsp3) is 0.500. The number of esters is 1. The fourth-order valence-corrected chi connectivity index (χ4v) is 4.19. The van der Waals surface area contributed by atoms with E-state index in [1.807, 2.05) is 0 Å². The van der Waals surface area contributed by atoms with Crippen LogP contribution < -0.4 is 0 Å². The Hall–Kier alpha value is -2.43. The monoisotopic (exact) mass is 435 g/mol. The maximum Gasteiger partial charge on any atom is 0.471 e. The van der Waals surface area contributed by atoms with E-state index in [2.05, 4.69) is 0 Å². The van der Waals surface area contributed by atoms with E-state index in [-0.39, 0.29) is 29.8 Å². The molecular weight excluding hydrogens is 415 g/mol. The molecule has 0 N–H and O–H groups in total. The zero-order valence-corrected chi connectivity index (χ0v) is 16.5. The molecule has 1 aliphatic heterocycles. The number of benzene rings is 1. The number of hydrogen-bond acceptors (Lipinski definition) is 6. The molecule has 1 fully saturated rings. The quantitative estimate of drug-likeness (QED) is 0.635. The molecule has 1 aromatic rings. The normalized spacial score (nSPS) is 17.4. The van der Waals surface area contributed by atoms with Crippen molar-refractivity contribution in [2.45, 2.75) is 49.1 Å². The average Bonchev–Trinajstić information content (AvgIpc) is 3.13. The highest BCUT2D eigenvalue weighted by atomic mass is 32.2. The number of hydrogen-bond donors (Lipinski definition) is 0. The highest BCUT2D eigenvalue weighted by Gasteiger charge is 2.47. The molecule has 0 bridgehead atoms. The summed E-state index contributed by atoms with van der Waals surface area (Å²) in [4.78, 5) is 36.2. The largest absolute Gasteiger partial charge is 0.471 e. The Bertz CT molecular complexity index is 910. The molecule has 1 atom stereocenters. The molecule has 1 amide bonds. The SMILES string of the molecule is CC(C)S(=O)(=O)c1ccccc1C(=O)OCC(=O)C1CCCN1C(=O)C(F)(F)F. The van der Waals surface area contributed by atoms with Crippen LogP contribution in [0.25, 0.3) is 0 Å². The predicted molar refractivity (Wildman–Crippen MR) is 94.8 cm³/mol. The summed E-state index contributed by atoms with van der Waals surface area (Å²) in [5, 5.41) is -0.807. The number of alkyl halides is 3. The van der Waals surface area contributed by atoms with Gasteiger partial charge in [-0.25, -0.2) is 13.2 Å². The number of halogens is 3. The number of carbonyl (C=O) groups is 3. The summed E-state index contributed by atoms with van der Waals surface area (Å²) < 4.78 is 67.6. The lowest BCUT2D eigenvalue weighted by atomic mass is 10.1. The number of amides is 1. The Kier molecular flexibility index (Phi) is 6.71. The lowest BCUT2D eigenvalue weighted by molar-refractivity contribution is -0.186. The molecule has 1 unspecified atom stereocenters. The Morgan fingerprint density at radius 2 is 1.83 bits per heavy atom. The summed E-state index contributed by atoms with van der Waals surface area (Å²) in [5.74, 6) is -4.07.